The molecular formula is C13H14BrNO4S. The summed E-state index contributed by atoms with van der Waals surface area (Å²) >= 11 is 3.22. The van der Waals surface area contributed by atoms with Gasteiger partial charge in [-0.3, -0.25) is 9.00 Å². The number of carboxylic acid groups (broad SMARTS) is 1. The van der Waals surface area contributed by atoms with E-state index >= 15 is 0 Å². The second-order valence-electron chi connectivity index (χ2n) is 4.67. The van der Waals surface area contributed by atoms with Gasteiger partial charge in [0.15, 0.2) is 0 Å². The van der Waals surface area contributed by atoms with Gasteiger partial charge < -0.3 is 10.4 Å². The summed E-state index contributed by atoms with van der Waals surface area (Å²) in [5.74, 6) is -1.46. The Balaban J connectivity index is 2.24. The third-order valence-electron chi connectivity index (χ3n) is 3.00. The van der Waals surface area contributed by atoms with Crippen molar-refractivity contribution in [2.45, 2.75) is 36.0 Å². The SMILES string of the molecule is CC(C(=O)NC1CC1)S(=O)c1cc(Br)ccc1C(=O)O. The Labute approximate surface area is 127 Å². The number of hydrogen-bond donors (Lipinski definition) is 2. The van der Waals surface area contributed by atoms with E-state index in [0.29, 0.717) is 4.47 Å². The standard InChI is InChI=1S/C13H14BrNO4S/c1-7(12(16)15-9-3-4-9)20(19)11-6-8(14)2-5-10(11)13(17)18/h2,5-7,9H,3-4H2,1H3,(H,15,16)(H,17,18). The van der Waals surface area contributed by atoms with E-state index in [9.17, 15) is 13.8 Å². The number of carbonyl (C=O) groups is 2. The molecule has 0 aliphatic heterocycles. The van der Waals surface area contributed by atoms with Crippen molar-refractivity contribution in [1.82, 2.24) is 5.32 Å². The molecule has 5 nitrogen and oxygen atoms in total. The van der Waals surface area contributed by atoms with Crippen molar-refractivity contribution in [1.29, 1.82) is 0 Å². The van der Waals surface area contributed by atoms with Crippen molar-refractivity contribution in [2.24, 2.45) is 0 Å². The van der Waals surface area contributed by atoms with E-state index in [2.05, 4.69) is 21.2 Å². The number of hydrogen-bond acceptors (Lipinski definition) is 3. The fourth-order valence-electron chi connectivity index (χ4n) is 1.67. The molecule has 108 valence electrons. The van der Waals surface area contributed by atoms with Gasteiger partial charge in [0.05, 0.1) is 21.3 Å². The summed E-state index contributed by atoms with van der Waals surface area (Å²) in [6.07, 6.45) is 1.89. The monoisotopic (exact) mass is 359 g/mol. The molecule has 1 saturated carbocycles. The van der Waals surface area contributed by atoms with E-state index in [1.165, 1.54) is 12.1 Å². The highest BCUT2D eigenvalue weighted by atomic mass is 79.9. The number of rotatable bonds is 5. The number of nitrogens with one attached hydrogen (secondary N) is 1. The molecule has 2 atom stereocenters. The first-order valence-corrected chi connectivity index (χ1v) is 8.14. The smallest absolute Gasteiger partial charge is 0.336 e. The number of carboxylic acids is 1. The molecule has 1 aromatic carbocycles. The molecule has 0 heterocycles. The zero-order valence-corrected chi connectivity index (χ0v) is 13.2. The van der Waals surface area contributed by atoms with Crippen molar-refractivity contribution in [3.8, 4) is 0 Å². The van der Waals surface area contributed by atoms with Crippen LogP contribution in [0.4, 0.5) is 0 Å². The highest BCUT2D eigenvalue weighted by Gasteiger charge is 2.30. The summed E-state index contributed by atoms with van der Waals surface area (Å²) in [7, 11) is -1.71. The average molecular weight is 360 g/mol. The van der Waals surface area contributed by atoms with E-state index in [4.69, 9.17) is 5.11 Å². The van der Waals surface area contributed by atoms with Gasteiger partial charge in [-0.1, -0.05) is 15.9 Å². The van der Waals surface area contributed by atoms with Gasteiger partial charge in [-0.25, -0.2) is 4.79 Å². The lowest BCUT2D eigenvalue weighted by molar-refractivity contribution is -0.120. The Morgan fingerprint density at radius 1 is 1.45 bits per heavy atom. The van der Waals surface area contributed by atoms with Gasteiger partial charge in [0.2, 0.25) is 5.91 Å². The molecule has 1 aromatic rings. The summed E-state index contributed by atoms with van der Waals surface area (Å²) in [5.41, 5.74) is -0.0439. The van der Waals surface area contributed by atoms with Gasteiger partial charge in [-0.2, -0.15) is 0 Å². The van der Waals surface area contributed by atoms with E-state index < -0.39 is 22.0 Å². The fraction of sp³-hybridized carbons (Fsp3) is 0.385. The number of halogens is 1. The lowest BCUT2D eigenvalue weighted by Crippen LogP contribution is -2.37. The van der Waals surface area contributed by atoms with Crippen molar-refractivity contribution in [2.75, 3.05) is 0 Å². The first-order chi connectivity index (χ1) is 9.40. The largest absolute Gasteiger partial charge is 0.478 e. The minimum atomic E-state index is -1.71. The van der Waals surface area contributed by atoms with Crippen LogP contribution in [-0.4, -0.2) is 32.5 Å². The third kappa shape index (κ3) is 3.46. The molecule has 0 bridgehead atoms. The second kappa shape index (κ2) is 6.05. The van der Waals surface area contributed by atoms with Crippen molar-refractivity contribution in [3.63, 3.8) is 0 Å². The van der Waals surface area contributed by atoms with Gasteiger partial charge in [0.1, 0.15) is 5.25 Å². The van der Waals surface area contributed by atoms with Crippen LogP contribution in [0.25, 0.3) is 0 Å². The molecule has 2 N–H and O–H groups in total. The van der Waals surface area contributed by atoms with Crippen molar-refractivity contribution >= 4 is 38.6 Å². The molecule has 2 unspecified atom stereocenters. The molecule has 0 spiro atoms. The average Bonchev–Trinajstić information content (AvgIpc) is 3.20. The van der Waals surface area contributed by atoms with Crippen LogP contribution in [0, 0.1) is 0 Å². The van der Waals surface area contributed by atoms with Crippen LogP contribution >= 0.6 is 15.9 Å². The lowest BCUT2D eigenvalue weighted by atomic mass is 10.2. The molecule has 0 aromatic heterocycles. The van der Waals surface area contributed by atoms with Gasteiger partial charge in [-0.15, -0.1) is 0 Å². The normalized spacial score (nSPS) is 17.3. The van der Waals surface area contributed by atoms with Gasteiger partial charge in [-0.05, 0) is 38.0 Å². The predicted octanol–water partition coefficient (Wildman–Crippen LogP) is 1.92. The summed E-state index contributed by atoms with van der Waals surface area (Å²) < 4.78 is 13.1. The van der Waals surface area contributed by atoms with Gasteiger partial charge in [0, 0.05) is 10.5 Å². The van der Waals surface area contributed by atoms with E-state index in [0.717, 1.165) is 12.8 Å². The number of benzene rings is 1. The Morgan fingerprint density at radius 2 is 2.10 bits per heavy atom. The summed E-state index contributed by atoms with van der Waals surface area (Å²) in [5, 5.41) is 11.1. The second-order valence-corrected chi connectivity index (χ2v) is 7.33. The molecule has 2 rings (SSSR count). The third-order valence-corrected chi connectivity index (χ3v) is 5.13. The van der Waals surface area contributed by atoms with Crippen molar-refractivity contribution in [3.05, 3.63) is 28.2 Å². The van der Waals surface area contributed by atoms with Crippen LogP contribution < -0.4 is 5.32 Å². The lowest BCUT2D eigenvalue weighted by Gasteiger charge is -2.13. The summed E-state index contributed by atoms with van der Waals surface area (Å²) in [6.45, 7) is 1.54. The fourth-order valence-corrected chi connectivity index (χ4v) is 3.44. The van der Waals surface area contributed by atoms with Crippen molar-refractivity contribution < 1.29 is 18.9 Å². The maximum absolute atomic E-state index is 12.4. The van der Waals surface area contributed by atoms with Gasteiger partial charge in [0.25, 0.3) is 0 Å². The zero-order valence-electron chi connectivity index (χ0n) is 10.8. The summed E-state index contributed by atoms with van der Waals surface area (Å²) in [6, 6.07) is 4.62. The minimum Gasteiger partial charge on any atom is -0.478 e. The Hall–Kier alpha value is -1.21. The molecule has 1 aliphatic carbocycles. The first kappa shape index (κ1) is 15.2. The molecule has 1 amide bonds. The maximum Gasteiger partial charge on any atom is 0.336 e. The highest BCUT2D eigenvalue weighted by Crippen LogP contribution is 2.23. The molecule has 1 fully saturated rings. The number of carbonyl (C=O) groups excluding carboxylic acids is 1. The summed E-state index contributed by atoms with van der Waals surface area (Å²) in [4.78, 5) is 23.2. The molecule has 0 saturated heterocycles. The number of amides is 1. The van der Waals surface area contributed by atoms with Crippen LogP contribution in [-0.2, 0) is 15.6 Å². The minimum absolute atomic E-state index is 0.0439. The van der Waals surface area contributed by atoms with E-state index in [-0.39, 0.29) is 22.4 Å². The molecule has 20 heavy (non-hydrogen) atoms. The Kier molecular flexibility index (Phi) is 4.59. The number of aromatic carboxylic acids is 1. The van der Waals surface area contributed by atoms with Gasteiger partial charge >= 0.3 is 5.97 Å². The molecule has 7 heteroatoms. The molecular weight excluding hydrogens is 346 g/mol. The quantitative estimate of drug-likeness (QED) is 0.841. The topological polar surface area (TPSA) is 83.5 Å². The predicted molar refractivity (Wildman–Crippen MR) is 78.1 cm³/mol. The van der Waals surface area contributed by atoms with E-state index in [1.54, 1.807) is 13.0 Å². The maximum atomic E-state index is 12.4. The van der Waals surface area contributed by atoms with Crippen LogP contribution in [0.5, 0.6) is 0 Å². The van der Waals surface area contributed by atoms with Crippen LogP contribution in [0.3, 0.4) is 0 Å². The molecule has 0 radical (unpaired) electrons. The Bertz CT molecular complexity index is 586. The molecule has 1 aliphatic rings. The first-order valence-electron chi connectivity index (χ1n) is 6.14. The van der Waals surface area contributed by atoms with Crippen LogP contribution in [0.1, 0.15) is 30.1 Å². The van der Waals surface area contributed by atoms with E-state index in [1.807, 2.05) is 0 Å². The highest BCUT2D eigenvalue weighted by molar-refractivity contribution is 9.10. The van der Waals surface area contributed by atoms with Crippen LogP contribution in [0.15, 0.2) is 27.6 Å². The van der Waals surface area contributed by atoms with Crippen LogP contribution in [0.2, 0.25) is 0 Å². The Morgan fingerprint density at radius 3 is 2.65 bits per heavy atom. The zero-order chi connectivity index (χ0) is 14.9.